The molecule has 2 aliphatic heterocycles. The highest BCUT2D eigenvalue weighted by molar-refractivity contribution is 5.77. The van der Waals surface area contributed by atoms with Crippen LogP contribution in [-0.2, 0) is 0 Å². The molecule has 96 valence electrons. The van der Waals surface area contributed by atoms with Crippen molar-refractivity contribution in [1.82, 2.24) is 10.2 Å². The number of hydrogen-bond donors (Lipinski definition) is 1. The quantitative estimate of drug-likeness (QED) is 0.827. The zero-order valence-electron chi connectivity index (χ0n) is 11.0. The summed E-state index contributed by atoms with van der Waals surface area (Å²) in [6.07, 6.45) is 0.794. The van der Waals surface area contributed by atoms with Crippen molar-refractivity contribution < 1.29 is 9.53 Å². The number of fused-ring (bicyclic) bond motifs is 4. The van der Waals surface area contributed by atoms with Crippen molar-refractivity contribution in [3.05, 3.63) is 29.3 Å². The van der Waals surface area contributed by atoms with Crippen molar-refractivity contribution in [3.63, 3.8) is 0 Å². The highest BCUT2D eigenvalue weighted by atomic mass is 16.5. The molecule has 4 heteroatoms. The van der Waals surface area contributed by atoms with Gasteiger partial charge in [-0.2, -0.15) is 0 Å². The van der Waals surface area contributed by atoms with Crippen LogP contribution < -0.4 is 10.1 Å². The van der Waals surface area contributed by atoms with Gasteiger partial charge in [-0.1, -0.05) is 12.1 Å². The first-order chi connectivity index (χ1) is 8.53. The van der Waals surface area contributed by atoms with E-state index >= 15 is 0 Å². The summed E-state index contributed by atoms with van der Waals surface area (Å²) in [7, 11) is 0. The highest BCUT2D eigenvalue weighted by Gasteiger charge is 2.48. The maximum absolute atomic E-state index is 12.1. The predicted molar refractivity (Wildman–Crippen MR) is 68.5 cm³/mol. The first kappa shape index (κ1) is 11.4. The molecule has 18 heavy (non-hydrogen) atoms. The molecule has 1 N–H and O–H groups in total. The van der Waals surface area contributed by atoms with E-state index in [-0.39, 0.29) is 12.1 Å². The van der Waals surface area contributed by atoms with Crippen LogP contribution in [0.5, 0.6) is 5.75 Å². The first-order valence-electron chi connectivity index (χ1n) is 6.41. The lowest BCUT2D eigenvalue weighted by atomic mass is 9.90. The highest BCUT2D eigenvalue weighted by Crippen LogP contribution is 2.43. The molecular formula is C14H18N2O2. The van der Waals surface area contributed by atoms with Crippen LogP contribution in [0.2, 0.25) is 0 Å². The van der Waals surface area contributed by atoms with Gasteiger partial charge in [0, 0.05) is 18.5 Å². The van der Waals surface area contributed by atoms with E-state index in [9.17, 15) is 4.79 Å². The molecule has 2 heterocycles. The van der Waals surface area contributed by atoms with Crippen molar-refractivity contribution in [2.24, 2.45) is 0 Å². The minimum absolute atomic E-state index is 0.0394. The molecular weight excluding hydrogens is 228 g/mol. The Morgan fingerprint density at radius 1 is 1.56 bits per heavy atom. The van der Waals surface area contributed by atoms with Gasteiger partial charge in [0.15, 0.2) is 5.72 Å². The second kappa shape index (κ2) is 3.64. The molecule has 2 unspecified atom stereocenters. The Balaban J connectivity index is 2.08. The topological polar surface area (TPSA) is 41.6 Å². The summed E-state index contributed by atoms with van der Waals surface area (Å²) in [4.78, 5) is 13.8. The van der Waals surface area contributed by atoms with Crippen molar-refractivity contribution in [1.29, 1.82) is 0 Å². The minimum atomic E-state index is -0.525. The number of amides is 2. The van der Waals surface area contributed by atoms with Crippen molar-refractivity contribution in [3.8, 4) is 5.75 Å². The lowest BCUT2D eigenvalue weighted by Gasteiger charge is -2.50. The van der Waals surface area contributed by atoms with E-state index in [1.807, 2.05) is 26.8 Å². The van der Waals surface area contributed by atoms with E-state index in [0.717, 1.165) is 17.7 Å². The van der Waals surface area contributed by atoms with Gasteiger partial charge in [0.2, 0.25) is 0 Å². The molecule has 0 aromatic heterocycles. The number of carbonyl (C=O) groups is 1. The summed E-state index contributed by atoms with van der Waals surface area (Å²) in [6, 6.07) is 6.18. The van der Waals surface area contributed by atoms with Crippen molar-refractivity contribution >= 4 is 6.03 Å². The maximum atomic E-state index is 12.1. The SMILES string of the molecule is CCN1C(=O)NC2CC1(C)Oc1cc(C)ccc12. The molecule has 1 aromatic carbocycles. The number of carbonyl (C=O) groups excluding carboxylic acids is 1. The van der Waals surface area contributed by atoms with Crippen molar-refractivity contribution in [2.45, 2.75) is 39.0 Å². The standard InChI is InChI=1S/C14H18N2O2/c1-4-16-13(17)15-11-8-14(16,3)18-12-7-9(2)5-6-10(11)12/h5-7,11H,4,8H2,1-3H3,(H,15,17). The van der Waals surface area contributed by atoms with Crippen LogP contribution in [0.1, 0.15) is 37.4 Å². The predicted octanol–water partition coefficient (Wildman–Crippen LogP) is 2.58. The fourth-order valence-electron chi connectivity index (χ4n) is 3.00. The lowest BCUT2D eigenvalue weighted by Crippen LogP contribution is -2.64. The number of nitrogens with zero attached hydrogens (tertiary/aromatic N) is 1. The molecule has 2 bridgehead atoms. The van der Waals surface area contributed by atoms with E-state index in [1.54, 1.807) is 4.90 Å². The Morgan fingerprint density at radius 2 is 2.33 bits per heavy atom. The number of nitrogens with one attached hydrogen (secondary N) is 1. The number of benzene rings is 1. The molecule has 0 aliphatic carbocycles. The summed E-state index contributed by atoms with van der Waals surface area (Å²) >= 11 is 0. The van der Waals surface area contributed by atoms with Gasteiger partial charge in [0.1, 0.15) is 5.75 Å². The minimum Gasteiger partial charge on any atom is -0.468 e. The van der Waals surface area contributed by atoms with Crippen LogP contribution in [0.3, 0.4) is 0 Å². The Kier molecular flexibility index (Phi) is 2.30. The Hall–Kier alpha value is -1.71. The Morgan fingerprint density at radius 3 is 3.06 bits per heavy atom. The largest absolute Gasteiger partial charge is 0.468 e. The zero-order valence-corrected chi connectivity index (χ0v) is 11.0. The third kappa shape index (κ3) is 1.48. The summed E-state index contributed by atoms with van der Waals surface area (Å²) < 4.78 is 6.11. The van der Waals surface area contributed by atoms with Crippen LogP contribution in [-0.4, -0.2) is 23.2 Å². The average Bonchev–Trinajstić information content (AvgIpc) is 2.27. The average molecular weight is 246 g/mol. The summed E-state index contributed by atoms with van der Waals surface area (Å²) in [5.74, 6) is 0.896. The molecule has 0 saturated carbocycles. The number of hydrogen-bond acceptors (Lipinski definition) is 2. The molecule has 1 aromatic rings. The molecule has 1 saturated heterocycles. The molecule has 1 fully saturated rings. The molecule has 2 atom stereocenters. The van der Waals surface area contributed by atoms with Gasteiger partial charge in [-0.05, 0) is 32.4 Å². The van der Waals surface area contributed by atoms with Gasteiger partial charge in [-0.15, -0.1) is 0 Å². The van der Waals surface area contributed by atoms with E-state index in [2.05, 4.69) is 17.4 Å². The number of ether oxygens (including phenoxy) is 1. The van der Waals surface area contributed by atoms with Crippen LogP contribution in [0, 0.1) is 6.92 Å². The first-order valence-corrected chi connectivity index (χ1v) is 6.41. The Bertz CT molecular complexity index is 515. The van der Waals surface area contributed by atoms with Gasteiger partial charge >= 0.3 is 6.03 Å². The normalized spacial score (nSPS) is 29.4. The second-order valence-corrected chi connectivity index (χ2v) is 5.27. The maximum Gasteiger partial charge on any atom is 0.320 e. The monoisotopic (exact) mass is 246 g/mol. The third-order valence-corrected chi connectivity index (χ3v) is 3.89. The molecule has 0 radical (unpaired) electrons. The molecule has 4 nitrogen and oxygen atoms in total. The molecule has 2 amide bonds. The summed E-state index contributed by atoms with van der Waals surface area (Å²) in [5.41, 5.74) is 1.73. The van der Waals surface area contributed by atoms with Gasteiger partial charge < -0.3 is 10.1 Å². The number of urea groups is 1. The van der Waals surface area contributed by atoms with Crippen LogP contribution in [0.15, 0.2) is 18.2 Å². The van der Waals surface area contributed by atoms with Crippen LogP contribution in [0.4, 0.5) is 4.79 Å². The van der Waals surface area contributed by atoms with Crippen LogP contribution >= 0.6 is 0 Å². The third-order valence-electron chi connectivity index (χ3n) is 3.89. The summed E-state index contributed by atoms with van der Waals surface area (Å²) in [5, 5.41) is 3.06. The fraction of sp³-hybridized carbons (Fsp3) is 0.500. The van der Waals surface area contributed by atoms with Crippen LogP contribution in [0.25, 0.3) is 0 Å². The van der Waals surface area contributed by atoms with E-state index in [4.69, 9.17) is 4.74 Å². The van der Waals surface area contributed by atoms with Gasteiger partial charge in [-0.3, -0.25) is 4.90 Å². The smallest absolute Gasteiger partial charge is 0.320 e. The zero-order chi connectivity index (χ0) is 12.9. The van der Waals surface area contributed by atoms with Crippen molar-refractivity contribution in [2.75, 3.05) is 6.54 Å². The van der Waals surface area contributed by atoms with Gasteiger partial charge in [0.25, 0.3) is 0 Å². The van der Waals surface area contributed by atoms with E-state index in [1.165, 1.54) is 5.56 Å². The Labute approximate surface area is 107 Å². The molecule has 0 spiro atoms. The van der Waals surface area contributed by atoms with E-state index in [0.29, 0.717) is 6.54 Å². The van der Waals surface area contributed by atoms with Gasteiger partial charge in [0.05, 0.1) is 6.04 Å². The molecule has 2 aliphatic rings. The number of aryl methyl sites for hydroxylation is 1. The number of rotatable bonds is 1. The van der Waals surface area contributed by atoms with E-state index < -0.39 is 5.72 Å². The second-order valence-electron chi connectivity index (χ2n) is 5.27. The fourth-order valence-corrected chi connectivity index (χ4v) is 3.00. The van der Waals surface area contributed by atoms with Gasteiger partial charge in [-0.25, -0.2) is 4.79 Å². The molecule has 3 rings (SSSR count). The summed E-state index contributed by atoms with van der Waals surface area (Å²) in [6.45, 7) is 6.66. The lowest BCUT2D eigenvalue weighted by molar-refractivity contribution is -0.0815.